The van der Waals surface area contributed by atoms with E-state index in [-0.39, 0.29) is 11.8 Å². The molecule has 5 aromatic carbocycles. The van der Waals surface area contributed by atoms with Crippen LogP contribution in [-0.2, 0) is 13.8 Å². The molecule has 198 valence electrons. The second-order valence-electron chi connectivity index (χ2n) is 10.1. The van der Waals surface area contributed by atoms with Crippen LogP contribution in [0.15, 0.2) is 156 Å². The molecule has 0 aliphatic carbocycles. The fourth-order valence-electron chi connectivity index (χ4n) is 6.00. The summed E-state index contributed by atoms with van der Waals surface area (Å²) in [7, 11) is -3.96. The van der Waals surface area contributed by atoms with Crippen molar-refractivity contribution >= 4 is 39.4 Å². The predicted molar refractivity (Wildman–Crippen MR) is 167 cm³/mol. The minimum absolute atomic E-state index is 0.222. The molecule has 3 nitrogen and oxygen atoms in total. The Kier molecular flexibility index (Phi) is 6.45. The summed E-state index contributed by atoms with van der Waals surface area (Å²) in [6.45, 7) is 0. The van der Waals surface area contributed by atoms with Crippen molar-refractivity contribution in [3.05, 3.63) is 173 Å². The molecule has 2 aliphatic rings. The van der Waals surface area contributed by atoms with Crippen molar-refractivity contribution in [3.63, 3.8) is 0 Å². The van der Waals surface area contributed by atoms with Gasteiger partial charge in [0.1, 0.15) is 0 Å². The monoisotopic (exact) mass is 606 g/mol. The first-order valence-electron chi connectivity index (χ1n) is 13.4. The molecule has 0 aromatic heterocycles. The van der Waals surface area contributed by atoms with Crippen molar-refractivity contribution in [3.8, 4) is 0 Å². The molecule has 0 saturated carbocycles. The van der Waals surface area contributed by atoms with E-state index in [0.29, 0.717) is 0 Å². The van der Waals surface area contributed by atoms with Gasteiger partial charge in [-0.15, -0.1) is 0 Å². The van der Waals surface area contributed by atoms with Crippen LogP contribution in [0, 0.1) is 0 Å². The first-order valence-corrected chi connectivity index (χ1v) is 16.4. The summed E-state index contributed by atoms with van der Waals surface area (Å²) < 4.78 is 23.0. The number of hydrogen-bond acceptors (Lipinski definition) is 3. The molecule has 0 N–H and O–H groups in total. The topological polar surface area (TPSA) is 27.7 Å². The summed E-state index contributed by atoms with van der Waals surface area (Å²) in [6.07, 6.45) is 1.28. The Labute approximate surface area is 243 Å². The quantitative estimate of drug-likeness (QED) is 0.187. The summed E-state index contributed by atoms with van der Waals surface area (Å²) in [5.74, 6) is 0.817. The molecule has 0 radical (unpaired) electrons. The molecular weight excluding hydrogens is 579 g/mol. The van der Waals surface area contributed by atoms with Crippen LogP contribution in [0.4, 0.5) is 0 Å². The SMILES string of the molecule is Brc1ccc(C2OC(c3ccccc3)C3C=C(c4ccccc4)OP3(c3ccccc3)(c3ccccc3)O2)cc1. The fourth-order valence-corrected chi connectivity index (χ4v) is 11.7. The number of benzene rings is 5. The van der Waals surface area contributed by atoms with E-state index in [2.05, 4.69) is 119 Å². The molecule has 2 heterocycles. The first kappa shape index (κ1) is 25.4. The predicted octanol–water partition coefficient (Wildman–Crippen LogP) is 8.71. The second kappa shape index (κ2) is 10.1. The Hall–Kier alpha value is -3.53. The molecule has 3 unspecified atom stereocenters. The first-order chi connectivity index (χ1) is 19.7. The van der Waals surface area contributed by atoms with Crippen molar-refractivity contribution in [2.24, 2.45) is 0 Å². The van der Waals surface area contributed by atoms with Crippen LogP contribution in [0.5, 0.6) is 0 Å². The summed E-state index contributed by atoms with van der Waals surface area (Å²) in [6, 6.07) is 50.0. The van der Waals surface area contributed by atoms with Crippen LogP contribution in [0.2, 0.25) is 0 Å². The zero-order valence-electron chi connectivity index (χ0n) is 21.7. The molecule has 2 aliphatic heterocycles. The van der Waals surface area contributed by atoms with Crippen LogP contribution in [0.3, 0.4) is 0 Å². The summed E-state index contributed by atoms with van der Waals surface area (Å²) in [5, 5.41) is 2.08. The van der Waals surface area contributed by atoms with Crippen LogP contribution >= 0.6 is 23.0 Å². The Morgan fingerprint density at radius 2 is 1.07 bits per heavy atom. The van der Waals surface area contributed by atoms with Gasteiger partial charge in [-0.2, -0.15) is 0 Å². The molecule has 3 atom stereocenters. The van der Waals surface area contributed by atoms with Gasteiger partial charge >= 0.3 is 244 Å². The molecule has 5 aromatic rings. The summed E-state index contributed by atoms with van der Waals surface area (Å²) in [5.41, 5.74) is 2.83. The fraction of sp³-hybridized carbons (Fsp3) is 0.0857. The van der Waals surface area contributed by atoms with Crippen LogP contribution in [0.25, 0.3) is 5.76 Å². The Bertz CT molecular complexity index is 1600. The number of hydrogen-bond donors (Lipinski definition) is 0. The molecule has 0 amide bonds. The molecule has 7 rings (SSSR count). The molecule has 0 spiro atoms. The van der Waals surface area contributed by atoms with Crippen LogP contribution in [0.1, 0.15) is 29.1 Å². The van der Waals surface area contributed by atoms with E-state index in [1.54, 1.807) is 0 Å². The van der Waals surface area contributed by atoms with Crippen LogP contribution < -0.4 is 10.6 Å². The molecule has 5 heteroatoms. The van der Waals surface area contributed by atoms with E-state index in [0.717, 1.165) is 37.5 Å². The van der Waals surface area contributed by atoms with Crippen molar-refractivity contribution in [2.75, 3.05) is 0 Å². The zero-order chi connectivity index (χ0) is 27.0. The van der Waals surface area contributed by atoms with Gasteiger partial charge in [0.25, 0.3) is 0 Å². The molecule has 1 saturated heterocycles. The average molecular weight is 607 g/mol. The zero-order valence-corrected chi connectivity index (χ0v) is 24.2. The van der Waals surface area contributed by atoms with Crippen molar-refractivity contribution in [1.29, 1.82) is 0 Å². The Morgan fingerprint density at radius 3 is 1.65 bits per heavy atom. The standard InChI is InChI=1S/C35H28BrO3P/c36-29-23-21-28(22-24-29)35-37-34(27-15-7-2-8-16-27)33-25-32(26-13-5-1-6-14-26)38-40(33,39-35,30-17-9-3-10-18-30)31-19-11-4-12-20-31/h1-25,33-35H. The van der Waals surface area contributed by atoms with E-state index in [1.807, 2.05) is 48.5 Å². The van der Waals surface area contributed by atoms with Gasteiger partial charge in [0.15, 0.2) is 0 Å². The third-order valence-electron chi connectivity index (χ3n) is 7.85. The number of halogens is 1. The van der Waals surface area contributed by atoms with E-state index < -0.39 is 13.3 Å². The number of fused-ring (bicyclic) bond motifs is 1. The van der Waals surface area contributed by atoms with E-state index in [1.165, 1.54) is 0 Å². The van der Waals surface area contributed by atoms with Crippen molar-refractivity contribution in [2.45, 2.75) is 18.1 Å². The molecule has 0 bridgehead atoms. The van der Waals surface area contributed by atoms with Crippen LogP contribution in [-0.4, -0.2) is 5.66 Å². The van der Waals surface area contributed by atoms with Crippen molar-refractivity contribution in [1.82, 2.24) is 0 Å². The third kappa shape index (κ3) is 3.98. The second-order valence-corrected chi connectivity index (χ2v) is 15.1. The van der Waals surface area contributed by atoms with E-state index in [4.69, 9.17) is 13.8 Å². The average Bonchev–Trinajstić information content (AvgIpc) is 3.41. The van der Waals surface area contributed by atoms with Gasteiger partial charge in [-0.3, -0.25) is 0 Å². The van der Waals surface area contributed by atoms with Gasteiger partial charge in [0.05, 0.1) is 0 Å². The Morgan fingerprint density at radius 1 is 0.550 bits per heavy atom. The molecule has 40 heavy (non-hydrogen) atoms. The van der Waals surface area contributed by atoms with E-state index >= 15 is 0 Å². The number of ether oxygens (including phenoxy) is 1. The van der Waals surface area contributed by atoms with Gasteiger partial charge < -0.3 is 0 Å². The van der Waals surface area contributed by atoms with Gasteiger partial charge in [0, 0.05) is 0 Å². The Balaban J connectivity index is 1.56. The normalized spacial score (nSPS) is 23.6. The van der Waals surface area contributed by atoms with Crippen molar-refractivity contribution < 1.29 is 13.8 Å². The maximum atomic E-state index is 7.51. The summed E-state index contributed by atoms with van der Waals surface area (Å²) in [4.78, 5) is 0. The van der Waals surface area contributed by atoms with Gasteiger partial charge in [-0.25, -0.2) is 0 Å². The molecule has 1 fully saturated rings. The van der Waals surface area contributed by atoms with Gasteiger partial charge in [0.2, 0.25) is 0 Å². The third-order valence-corrected chi connectivity index (χ3v) is 13.6. The molecular formula is C35H28BrO3P. The summed E-state index contributed by atoms with van der Waals surface area (Å²) >= 11 is 3.58. The maximum absolute atomic E-state index is 7.51. The minimum atomic E-state index is -3.96. The van der Waals surface area contributed by atoms with Gasteiger partial charge in [-0.1, -0.05) is 0 Å². The number of rotatable bonds is 5. The van der Waals surface area contributed by atoms with E-state index in [9.17, 15) is 0 Å². The van der Waals surface area contributed by atoms with Gasteiger partial charge in [-0.05, 0) is 0 Å².